The van der Waals surface area contributed by atoms with Crippen molar-refractivity contribution in [3.63, 3.8) is 0 Å². The zero-order valence-electron chi connectivity index (χ0n) is 17.2. The number of hydrogen-bond acceptors (Lipinski definition) is 4. The third kappa shape index (κ3) is 4.31. The van der Waals surface area contributed by atoms with Gasteiger partial charge in [-0.2, -0.15) is 0 Å². The first-order chi connectivity index (χ1) is 13.8. The Kier molecular flexibility index (Phi) is 6.01. The zero-order chi connectivity index (χ0) is 21.1. The second-order valence-corrected chi connectivity index (χ2v) is 7.47. The van der Waals surface area contributed by atoms with Gasteiger partial charge in [-0.05, 0) is 69.2 Å². The highest BCUT2D eigenvalue weighted by Gasteiger charge is 2.35. The van der Waals surface area contributed by atoms with Crippen molar-refractivity contribution in [2.24, 2.45) is 0 Å². The van der Waals surface area contributed by atoms with Crippen LogP contribution in [-0.2, 0) is 0 Å². The van der Waals surface area contributed by atoms with Crippen LogP contribution in [0.5, 0.6) is 5.75 Å². The van der Waals surface area contributed by atoms with E-state index in [1.807, 2.05) is 33.8 Å². The number of imide groups is 1. The van der Waals surface area contributed by atoms with Crippen LogP contribution in [0.2, 0.25) is 0 Å². The van der Waals surface area contributed by atoms with E-state index in [0.29, 0.717) is 23.4 Å². The second-order valence-electron chi connectivity index (χ2n) is 7.47. The van der Waals surface area contributed by atoms with Crippen molar-refractivity contribution in [1.82, 2.24) is 4.90 Å². The van der Waals surface area contributed by atoms with Gasteiger partial charge in [-0.25, -0.2) is 0 Å². The number of hydrogen-bond donors (Lipinski definition) is 1. The Morgan fingerprint density at radius 2 is 1.79 bits per heavy atom. The van der Waals surface area contributed by atoms with Gasteiger partial charge in [0.05, 0.1) is 17.2 Å². The molecule has 3 rings (SSSR count). The molecule has 0 aromatic heterocycles. The van der Waals surface area contributed by atoms with Gasteiger partial charge in [0, 0.05) is 17.8 Å². The first-order valence-electron chi connectivity index (χ1n) is 9.90. The van der Waals surface area contributed by atoms with Crippen LogP contribution < -0.4 is 10.1 Å². The number of unbranched alkanes of at least 4 members (excludes halogenated alkanes) is 1. The molecule has 6 nitrogen and oxygen atoms in total. The van der Waals surface area contributed by atoms with E-state index in [-0.39, 0.29) is 29.4 Å². The van der Waals surface area contributed by atoms with E-state index in [2.05, 4.69) is 5.32 Å². The van der Waals surface area contributed by atoms with Gasteiger partial charge in [-0.1, -0.05) is 13.3 Å². The molecule has 0 unspecified atom stereocenters. The van der Waals surface area contributed by atoms with Crippen LogP contribution >= 0.6 is 0 Å². The number of fused-ring (bicyclic) bond motifs is 1. The maximum absolute atomic E-state index is 12.7. The molecule has 29 heavy (non-hydrogen) atoms. The van der Waals surface area contributed by atoms with Crippen LogP contribution in [0.15, 0.2) is 36.4 Å². The Hall–Kier alpha value is -3.15. The average molecular weight is 394 g/mol. The topological polar surface area (TPSA) is 75.7 Å². The molecule has 0 fully saturated rings. The van der Waals surface area contributed by atoms with Gasteiger partial charge < -0.3 is 10.1 Å². The smallest absolute Gasteiger partial charge is 0.261 e. The average Bonchev–Trinajstić information content (AvgIpc) is 2.91. The molecule has 0 saturated carbocycles. The molecular formula is C23H26N2O4. The van der Waals surface area contributed by atoms with Gasteiger partial charge >= 0.3 is 0 Å². The third-order valence-electron chi connectivity index (χ3n) is 4.79. The van der Waals surface area contributed by atoms with Gasteiger partial charge in [-0.3, -0.25) is 19.3 Å². The minimum Gasteiger partial charge on any atom is -0.491 e. The molecule has 1 heterocycles. The molecule has 0 saturated heterocycles. The van der Waals surface area contributed by atoms with Crippen LogP contribution in [0, 0.1) is 6.92 Å². The van der Waals surface area contributed by atoms with Crippen molar-refractivity contribution < 1.29 is 19.1 Å². The Morgan fingerprint density at radius 1 is 1.07 bits per heavy atom. The second kappa shape index (κ2) is 8.47. The molecule has 0 radical (unpaired) electrons. The van der Waals surface area contributed by atoms with Crippen LogP contribution in [0.1, 0.15) is 70.3 Å². The van der Waals surface area contributed by atoms with E-state index < -0.39 is 0 Å². The van der Waals surface area contributed by atoms with Crippen molar-refractivity contribution in [3.05, 3.63) is 58.7 Å². The number of amides is 3. The molecule has 2 aromatic carbocycles. The molecule has 1 aliphatic rings. The van der Waals surface area contributed by atoms with E-state index >= 15 is 0 Å². The Bertz CT molecular complexity index is 965. The summed E-state index contributed by atoms with van der Waals surface area (Å²) in [7, 11) is 0. The predicted octanol–water partition coefficient (Wildman–Crippen LogP) is 4.43. The van der Waals surface area contributed by atoms with Crippen LogP contribution in [0.25, 0.3) is 0 Å². The van der Waals surface area contributed by atoms with Crippen molar-refractivity contribution in [2.75, 3.05) is 11.9 Å². The highest BCUT2D eigenvalue weighted by molar-refractivity contribution is 6.22. The Balaban J connectivity index is 1.78. The summed E-state index contributed by atoms with van der Waals surface area (Å²) < 4.78 is 5.66. The summed E-state index contributed by atoms with van der Waals surface area (Å²) in [5.74, 6) is -0.216. The molecular weight excluding hydrogens is 368 g/mol. The van der Waals surface area contributed by atoms with E-state index in [1.54, 1.807) is 24.3 Å². The van der Waals surface area contributed by atoms with Crippen molar-refractivity contribution >= 4 is 23.4 Å². The van der Waals surface area contributed by atoms with E-state index in [1.165, 1.54) is 11.0 Å². The Labute approximate surface area is 170 Å². The highest BCUT2D eigenvalue weighted by atomic mass is 16.5. The minimum absolute atomic E-state index is 0.0680. The summed E-state index contributed by atoms with van der Waals surface area (Å²) in [6, 6.07) is 10.1. The van der Waals surface area contributed by atoms with Gasteiger partial charge in [0.25, 0.3) is 17.7 Å². The molecule has 152 valence electrons. The van der Waals surface area contributed by atoms with Crippen LogP contribution in [0.3, 0.4) is 0 Å². The summed E-state index contributed by atoms with van der Waals surface area (Å²) >= 11 is 0. The fraction of sp³-hybridized carbons (Fsp3) is 0.348. The van der Waals surface area contributed by atoms with E-state index in [4.69, 9.17) is 4.74 Å². The molecule has 0 spiro atoms. The first-order valence-corrected chi connectivity index (χ1v) is 9.90. The number of carbonyl (C=O) groups is 3. The summed E-state index contributed by atoms with van der Waals surface area (Å²) in [4.78, 5) is 39.0. The molecule has 2 aromatic rings. The number of ether oxygens (including phenoxy) is 1. The van der Waals surface area contributed by atoms with E-state index in [0.717, 1.165) is 24.2 Å². The number of anilines is 1. The third-order valence-corrected chi connectivity index (χ3v) is 4.79. The maximum atomic E-state index is 12.7. The van der Waals surface area contributed by atoms with Gasteiger partial charge in [0.2, 0.25) is 0 Å². The molecule has 3 amide bonds. The fourth-order valence-corrected chi connectivity index (χ4v) is 3.27. The summed E-state index contributed by atoms with van der Waals surface area (Å²) in [5.41, 5.74) is 2.52. The van der Waals surface area contributed by atoms with Gasteiger partial charge in [0.15, 0.2) is 0 Å². The quantitative estimate of drug-likeness (QED) is 0.705. The van der Waals surface area contributed by atoms with E-state index in [9.17, 15) is 14.4 Å². The standard InChI is InChI=1S/C23H26N2O4/c1-5-6-11-25-22(27)18-9-7-16(13-19(18)23(25)28)21(26)24-20-10-8-17(12-15(20)4)29-14(2)3/h7-10,12-14H,5-6,11H2,1-4H3,(H,24,26). The number of benzene rings is 2. The Morgan fingerprint density at radius 3 is 2.45 bits per heavy atom. The number of nitrogens with one attached hydrogen (secondary N) is 1. The number of rotatable bonds is 7. The SMILES string of the molecule is CCCCN1C(=O)c2ccc(C(=O)Nc3ccc(OC(C)C)cc3C)cc2C1=O. The lowest BCUT2D eigenvalue weighted by Crippen LogP contribution is -2.30. The summed E-state index contributed by atoms with van der Waals surface area (Å²) in [6.45, 7) is 8.19. The number of carbonyl (C=O) groups excluding carboxylic acids is 3. The summed E-state index contributed by atoms with van der Waals surface area (Å²) in [5, 5.41) is 2.87. The zero-order valence-corrected chi connectivity index (χ0v) is 17.2. The molecule has 1 aliphatic heterocycles. The lowest BCUT2D eigenvalue weighted by atomic mass is 10.0. The van der Waals surface area contributed by atoms with Crippen molar-refractivity contribution in [1.29, 1.82) is 0 Å². The first kappa shape index (κ1) is 20.6. The lowest BCUT2D eigenvalue weighted by molar-refractivity contribution is 0.0652. The minimum atomic E-state index is -0.334. The van der Waals surface area contributed by atoms with Gasteiger partial charge in [-0.15, -0.1) is 0 Å². The van der Waals surface area contributed by atoms with Crippen LogP contribution in [0.4, 0.5) is 5.69 Å². The maximum Gasteiger partial charge on any atom is 0.261 e. The predicted molar refractivity (Wildman–Crippen MR) is 112 cm³/mol. The normalized spacial score (nSPS) is 13.1. The lowest BCUT2D eigenvalue weighted by Gasteiger charge is -2.13. The number of aryl methyl sites for hydroxylation is 1. The molecule has 0 aliphatic carbocycles. The van der Waals surface area contributed by atoms with Crippen molar-refractivity contribution in [3.8, 4) is 5.75 Å². The molecule has 0 bridgehead atoms. The van der Waals surface area contributed by atoms with Gasteiger partial charge in [0.1, 0.15) is 5.75 Å². The monoisotopic (exact) mass is 394 g/mol. The highest BCUT2D eigenvalue weighted by Crippen LogP contribution is 2.26. The largest absolute Gasteiger partial charge is 0.491 e. The fourth-order valence-electron chi connectivity index (χ4n) is 3.27. The number of nitrogens with zero attached hydrogens (tertiary/aromatic N) is 1. The summed E-state index contributed by atoms with van der Waals surface area (Å²) in [6.07, 6.45) is 1.72. The molecule has 1 N–H and O–H groups in total. The van der Waals surface area contributed by atoms with Crippen LogP contribution in [-0.4, -0.2) is 35.3 Å². The van der Waals surface area contributed by atoms with Crippen molar-refractivity contribution in [2.45, 2.75) is 46.6 Å². The molecule has 6 heteroatoms. The molecule has 0 atom stereocenters.